The molecule has 23 heavy (non-hydrogen) atoms. The summed E-state index contributed by atoms with van der Waals surface area (Å²) in [5, 5.41) is 4.09. The summed E-state index contributed by atoms with van der Waals surface area (Å²) in [5.74, 6) is 0.321. The number of anilines is 1. The molecule has 0 N–H and O–H groups in total. The summed E-state index contributed by atoms with van der Waals surface area (Å²) in [6, 6.07) is 4.65. The van der Waals surface area contributed by atoms with E-state index in [4.69, 9.17) is 4.74 Å². The Balaban J connectivity index is 1.67. The van der Waals surface area contributed by atoms with Crippen LogP contribution < -0.4 is 9.64 Å². The molecular weight excluding hydrogens is 299 g/mol. The van der Waals surface area contributed by atoms with E-state index in [2.05, 4.69) is 5.10 Å². The molecule has 3 rings (SSSR count). The minimum absolute atomic E-state index is 0.00689. The zero-order valence-electron chi connectivity index (χ0n) is 13.2. The fraction of sp³-hybridized carbons (Fsp3) is 0.375. The van der Waals surface area contributed by atoms with Gasteiger partial charge in [0.1, 0.15) is 11.6 Å². The molecule has 1 aromatic heterocycles. The van der Waals surface area contributed by atoms with E-state index >= 15 is 0 Å². The van der Waals surface area contributed by atoms with Crippen molar-refractivity contribution >= 4 is 11.6 Å². The Morgan fingerprint density at radius 1 is 1.35 bits per heavy atom. The van der Waals surface area contributed by atoms with Crippen molar-refractivity contribution in [2.45, 2.75) is 6.54 Å². The van der Waals surface area contributed by atoms with Gasteiger partial charge >= 0.3 is 0 Å². The van der Waals surface area contributed by atoms with E-state index in [0.29, 0.717) is 30.9 Å². The number of ether oxygens (including phenoxy) is 1. The number of carbonyl (C=O) groups excluding carboxylic acids is 1. The highest BCUT2D eigenvalue weighted by Gasteiger charge is 2.26. The zero-order chi connectivity index (χ0) is 16.4. The van der Waals surface area contributed by atoms with Crippen molar-refractivity contribution in [2.24, 2.45) is 7.05 Å². The van der Waals surface area contributed by atoms with Gasteiger partial charge in [-0.05, 0) is 18.2 Å². The second-order valence-electron chi connectivity index (χ2n) is 5.59. The number of carbonyl (C=O) groups is 1. The van der Waals surface area contributed by atoms with Crippen molar-refractivity contribution in [2.75, 3.05) is 31.6 Å². The number of rotatable bonds is 4. The smallest absolute Gasteiger partial charge is 0.241 e. The number of aromatic nitrogens is 2. The first-order valence-corrected chi connectivity index (χ1v) is 7.40. The Hall–Kier alpha value is -2.41. The Labute approximate surface area is 134 Å². The van der Waals surface area contributed by atoms with Gasteiger partial charge in [0.2, 0.25) is 5.91 Å². The van der Waals surface area contributed by atoms with Crippen molar-refractivity contribution in [1.82, 2.24) is 14.7 Å². The standard InChI is InChI=1S/C16H19FN4O2/c1-19-10-13(8-18-19)21-6-5-20(11-16(21)22)9-12-7-14(23-2)3-4-15(12)17/h3-4,7-8,10H,5-6,9,11H2,1-2H3. The molecule has 0 saturated carbocycles. The molecule has 1 aliphatic rings. The number of piperazine rings is 1. The Kier molecular flexibility index (Phi) is 4.29. The number of hydrogen-bond acceptors (Lipinski definition) is 4. The molecule has 1 fully saturated rings. The van der Waals surface area contributed by atoms with E-state index in [9.17, 15) is 9.18 Å². The van der Waals surface area contributed by atoms with Gasteiger partial charge in [-0.2, -0.15) is 5.10 Å². The van der Waals surface area contributed by atoms with Gasteiger partial charge < -0.3 is 9.64 Å². The van der Waals surface area contributed by atoms with Crippen LogP contribution in [0.25, 0.3) is 0 Å². The summed E-state index contributed by atoms with van der Waals surface area (Å²) in [6.07, 6.45) is 3.49. The van der Waals surface area contributed by atoms with Crippen molar-refractivity contribution in [3.05, 3.63) is 42.0 Å². The normalized spacial score (nSPS) is 16.0. The highest BCUT2D eigenvalue weighted by molar-refractivity contribution is 5.95. The maximum absolute atomic E-state index is 13.9. The molecule has 1 saturated heterocycles. The van der Waals surface area contributed by atoms with E-state index in [1.54, 1.807) is 35.0 Å². The molecule has 2 aromatic rings. The van der Waals surface area contributed by atoms with E-state index < -0.39 is 0 Å². The van der Waals surface area contributed by atoms with Crippen molar-refractivity contribution in [3.63, 3.8) is 0 Å². The molecule has 0 atom stereocenters. The van der Waals surface area contributed by atoms with Crippen LogP contribution >= 0.6 is 0 Å². The maximum Gasteiger partial charge on any atom is 0.241 e. The number of benzene rings is 1. The molecule has 0 spiro atoms. The molecule has 6 nitrogen and oxygen atoms in total. The van der Waals surface area contributed by atoms with Crippen molar-refractivity contribution in [1.29, 1.82) is 0 Å². The maximum atomic E-state index is 13.9. The monoisotopic (exact) mass is 318 g/mol. The molecule has 0 bridgehead atoms. The number of hydrogen-bond donors (Lipinski definition) is 0. The van der Waals surface area contributed by atoms with Gasteiger partial charge in [-0.25, -0.2) is 4.39 Å². The second-order valence-corrected chi connectivity index (χ2v) is 5.59. The summed E-state index contributed by atoms with van der Waals surface area (Å²) in [6.45, 7) is 1.88. The summed E-state index contributed by atoms with van der Waals surface area (Å²) in [4.78, 5) is 16.0. The molecule has 1 aromatic carbocycles. The van der Waals surface area contributed by atoms with E-state index in [-0.39, 0.29) is 18.3 Å². The van der Waals surface area contributed by atoms with Gasteiger partial charge in [0.25, 0.3) is 0 Å². The predicted molar refractivity (Wildman–Crippen MR) is 83.8 cm³/mol. The quantitative estimate of drug-likeness (QED) is 0.855. The topological polar surface area (TPSA) is 50.6 Å². The number of amides is 1. The molecular formula is C16H19FN4O2. The lowest BCUT2D eigenvalue weighted by Crippen LogP contribution is -2.50. The van der Waals surface area contributed by atoms with Crippen LogP contribution in [0.2, 0.25) is 0 Å². The first-order chi connectivity index (χ1) is 11.1. The number of nitrogens with zero attached hydrogens (tertiary/aromatic N) is 4. The van der Waals surface area contributed by atoms with Crippen LogP contribution in [-0.4, -0.2) is 47.3 Å². The molecule has 0 radical (unpaired) electrons. The molecule has 2 heterocycles. The zero-order valence-corrected chi connectivity index (χ0v) is 13.2. The fourth-order valence-corrected chi connectivity index (χ4v) is 2.72. The second kappa shape index (κ2) is 6.37. The third kappa shape index (κ3) is 3.34. The van der Waals surface area contributed by atoms with Crippen LogP contribution in [0.15, 0.2) is 30.6 Å². The summed E-state index contributed by atoms with van der Waals surface area (Å²) in [7, 11) is 3.36. The predicted octanol–water partition coefficient (Wildman–Crippen LogP) is 1.42. The average molecular weight is 318 g/mol. The van der Waals surface area contributed by atoms with Crippen molar-refractivity contribution < 1.29 is 13.9 Å². The third-order valence-corrected chi connectivity index (χ3v) is 3.95. The van der Waals surface area contributed by atoms with Gasteiger partial charge in [0, 0.05) is 38.4 Å². The van der Waals surface area contributed by atoms with Gasteiger partial charge in [0.05, 0.1) is 25.5 Å². The minimum atomic E-state index is -0.284. The van der Waals surface area contributed by atoms with E-state index in [0.717, 1.165) is 5.69 Å². The van der Waals surface area contributed by atoms with Crippen LogP contribution in [0.4, 0.5) is 10.1 Å². The van der Waals surface area contributed by atoms with Gasteiger partial charge in [0.15, 0.2) is 0 Å². The Bertz CT molecular complexity index is 716. The van der Waals surface area contributed by atoms with Crippen LogP contribution in [-0.2, 0) is 18.4 Å². The third-order valence-electron chi connectivity index (χ3n) is 3.95. The lowest BCUT2D eigenvalue weighted by atomic mass is 10.1. The molecule has 0 aliphatic carbocycles. The fourth-order valence-electron chi connectivity index (χ4n) is 2.72. The lowest BCUT2D eigenvalue weighted by molar-refractivity contribution is -0.121. The highest BCUT2D eigenvalue weighted by Crippen LogP contribution is 2.21. The van der Waals surface area contributed by atoms with Crippen LogP contribution in [0.3, 0.4) is 0 Å². The average Bonchev–Trinajstić information content (AvgIpc) is 2.96. The van der Waals surface area contributed by atoms with Crippen LogP contribution in [0, 0.1) is 5.82 Å². The minimum Gasteiger partial charge on any atom is -0.497 e. The largest absolute Gasteiger partial charge is 0.497 e. The first-order valence-electron chi connectivity index (χ1n) is 7.40. The Morgan fingerprint density at radius 3 is 2.83 bits per heavy atom. The number of methoxy groups -OCH3 is 1. The van der Waals surface area contributed by atoms with Gasteiger partial charge in [-0.3, -0.25) is 14.4 Å². The molecule has 0 unspecified atom stereocenters. The summed E-state index contributed by atoms with van der Waals surface area (Å²) >= 11 is 0. The number of halogens is 1. The summed E-state index contributed by atoms with van der Waals surface area (Å²) < 4.78 is 20.7. The SMILES string of the molecule is COc1ccc(F)c(CN2CCN(c3cnn(C)c3)C(=O)C2)c1. The first kappa shape index (κ1) is 15.5. The highest BCUT2D eigenvalue weighted by atomic mass is 19.1. The number of aryl methyl sites for hydroxylation is 1. The van der Waals surface area contributed by atoms with Gasteiger partial charge in [-0.1, -0.05) is 0 Å². The van der Waals surface area contributed by atoms with Gasteiger partial charge in [-0.15, -0.1) is 0 Å². The van der Waals surface area contributed by atoms with Crippen LogP contribution in [0.1, 0.15) is 5.56 Å². The summed E-state index contributed by atoms with van der Waals surface area (Å²) in [5.41, 5.74) is 1.33. The van der Waals surface area contributed by atoms with E-state index in [1.807, 2.05) is 18.1 Å². The molecule has 1 amide bonds. The molecule has 122 valence electrons. The van der Waals surface area contributed by atoms with Crippen molar-refractivity contribution in [3.8, 4) is 5.75 Å². The molecule has 7 heteroatoms. The lowest BCUT2D eigenvalue weighted by Gasteiger charge is -2.33. The molecule has 1 aliphatic heterocycles. The Morgan fingerprint density at radius 2 is 2.17 bits per heavy atom. The van der Waals surface area contributed by atoms with E-state index in [1.165, 1.54) is 6.07 Å². The van der Waals surface area contributed by atoms with Crippen LogP contribution in [0.5, 0.6) is 5.75 Å².